The van der Waals surface area contributed by atoms with Gasteiger partial charge in [-0.05, 0) is 50.3 Å². The van der Waals surface area contributed by atoms with E-state index in [0.717, 1.165) is 48.0 Å². The van der Waals surface area contributed by atoms with Crippen LogP contribution in [0, 0.1) is 5.92 Å². The van der Waals surface area contributed by atoms with Gasteiger partial charge in [0.1, 0.15) is 5.69 Å². The monoisotopic (exact) mass is 406 g/mol. The second-order valence-corrected chi connectivity index (χ2v) is 8.23. The summed E-state index contributed by atoms with van der Waals surface area (Å²) >= 11 is 0. The van der Waals surface area contributed by atoms with Crippen LogP contribution in [-0.2, 0) is 15.0 Å². The normalized spacial score (nSPS) is 17.6. The smallest absolute Gasteiger partial charge is 0.237 e. The molecule has 2 amide bonds. The van der Waals surface area contributed by atoms with Crippen LogP contribution in [0.4, 0.5) is 11.4 Å². The molecule has 3 heterocycles. The molecule has 5 rings (SSSR count). The molecule has 1 aliphatic carbocycles. The average molecular weight is 406 g/mol. The molecule has 2 aliphatic rings. The zero-order chi connectivity index (χ0) is 21.0. The molecule has 0 bridgehead atoms. The van der Waals surface area contributed by atoms with E-state index in [4.69, 9.17) is 4.98 Å². The minimum Gasteiger partial charge on any atom is -0.337 e. The van der Waals surface area contributed by atoms with Gasteiger partial charge >= 0.3 is 0 Å². The summed E-state index contributed by atoms with van der Waals surface area (Å²) in [6, 6.07) is 4.07. The quantitative estimate of drug-likeness (QED) is 0.580. The number of hydrogen-bond acceptors (Lipinski definition) is 4. The zero-order valence-corrected chi connectivity index (χ0v) is 17.5. The van der Waals surface area contributed by atoms with E-state index in [-0.39, 0.29) is 17.7 Å². The van der Waals surface area contributed by atoms with E-state index in [9.17, 15) is 9.59 Å². The molecule has 8 heteroatoms. The van der Waals surface area contributed by atoms with E-state index in [2.05, 4.69) is 40.4 Å². The number of amides is 2. The summed E-state index contributed by atoms with van der Waals surface area (Å²) in [7, 11) is 0. The van der Waals surface area contributed by atoms with Crippen molar-refractivity contribution in [1.29, 1.82) is 0 Å². The van der Waals surface area contributed by atoms with Gasteiger partial charge in [0.25, 0.3) is 0 Å². The zero-order valence-electron chi connectivity index (χ0n) is 17.5. The molecule has 1 fully saturated rings. The van der Waals surface area contributed by atoms with E-state index in [1.807, 2.05) is 17.9 Å². The van der Waals surface area contributed by atoms with Gasteiger partial charge < -0.3 is 15.2 Å². The molecule has 0 saturated heterocycles. The first-order valence-corrected chi connectivity index (χ1v) is 10.7. The van der Waals surface area contributed by atoms with Crippen LogP contribution in [-0.4, -0.2) is 38.5 Å². The molecule has 0 atom stereocenters. The number of nitrogens with one attached hydrogen (secondary N) is 3. The maximum Gasteiger partial charge on any atom is 0.237 e. The third kappa shape index (κ3) is 2.59. The maximum absolute atomic E-state index is 13.2. The molecular weight excluding hydrogens is 380 g/mol. The summed E-state index contributed by atoms with van der Waals surface area (Å²) in [5, 5.41) is 9.99. The average Bonchev–Trinajstić information content (AvgIpc) is 3.29. The van der Waals surface area contributed by atoms with Crippen LogP contribution in [0.25, 0.3) is 22.6 Å². The Labute approximate surface area is 174 Å². The van der Waals surface area contributed by atoms with Gasteiger partial charge in [-0.1, -0.05) is 13.8 Å². The minimum atomic E-state index is -0.484. The largest absolute Gasteiger partial charge is 0.337 e. The third-order valence-corrected chi connectivity index (χ3v) is 6.67. The Morgan fingerprint density at radius 2 is 2.03 bits per heavy atom. The Balaban J connectivity index is 1.58. The fraction of sp³-hybridized carbons (Fsp3) is 0.455. The van der Waals surface area contributed by atoms with Gasteiger partial charge in [-0.25, -0.2) is 4.98 Å². The summed E-state index contributed by atoms with van der Waals surface area (Å²) in [5.41, 5.74) is 4.46. The van der Waals surface area contributed by atoms with E-state index >= 15 is 0 Å². The Hall–Kier alpha value is -3.16. The van der Waals surface area contributed by atoms with Gasteiger partial charge in [-0.2, -0.15) is 5.10 Å². The van der Waals surface area contributed by atoms with Gasteiger partial charge in [0, 0.05) is 12.5 Å². The third-order valence-electron chi connectivity index (χ3n) is 6.67. The Kier molecular flexibility index (Phi) is 4.20. The number of H-pyrrole nitrogens is 2. The van der Waals surface area contributed by atoms with E-state index in [1.54, 1.807) is 6.20 Å². The lowest BCUT2D eigenvalue weighted by atomic mass is 9.77. The van der Waals surface area contributed by atoms with Gasteiger partial charge in [0.05, 0.1) is 34.0 Å². The van der Waals surface area contributed by atoms with Crippen LogP contribution in [0.3, 0.4) is 0 Å². The van der Waals surface area contributed by atoms with Crippen molar-refractivity contribution in [3.05, 3.63) is 23.9 Å². The van der Waals surface area contributed by atoms with Crippen molar-refractivity contribution in [2.45, 2.75) is 51.9 Å². The van der Waals surface area contributed by atoms with Gasteiger partial charge in [0.2, 0.25) is 11.8 Å². The number of benzene rings is 1. The minimum absolute atomic E-state index is 0.0283. The number of imidazole rings is 1. The van der Waals surface area contributed by atoms with Crippen LogP contribution in [0.2, 0.25) is 0 Å². The molecule has 0 radical (unpaired) electrons. The fourth-order valence-electron chi connectivity index (χ4n) is 4.64. The molecule has 0 spiro atoms. The Morgan fingerprint density at radius 3 is 2.70 bits per heavy atom. The molecule has 3 N–H and O–H groups in total. The van der Waals surface area contributed by atoms with E-state index < -0.39 is 5.41 Å². The highest BCUT2D eigenvalue weighted by Crippen LogP contribution is 2.47. The molecule has 8 nitrogen and oxygen atoms in total. The number of likely N-dealkylation sites (N-methyl/N-ethyl adjacent to an activating group) is 1. The van der Waals surface area contributed by atoms with Crippen molar-refractivity contribution in [2.24, 2.45) is 5.92 Å². The number of carbonyl (C=O) groups is 2. The molecular formula is C22H26N6O2. The first kappa shape index (κ1) is 18.8. The number of aromatic nitrogens is 4. The number of rotatable bonds is 6. The highest BCUT2D eigenvalue weighted by molar-refractivity contribution is 6.10. The lowest BCUT2D eigenvalue weighted by Crippen LogP contribution is -2.39. The molecule has 30 heavy (non-hydrogen) atoms. The molecule has 1 aromatic carbocycles. The summed E-state index contributed by atoms with van der Waals surface area (Å²) in [4.78, 5) is 35.3. The standard InChI is InChI=1S/C22H26N6O2/c1-4-22(5-2)13-9-14-15(10-17(13)28(6-3)21(22)30)25-19(24-14)18-16(11-23-27-18)26-20(29)12-7-8-12/h9-12H,4-8H2,1-3H3,(H,23,27)(H,24,25)(H,26,29). The van der Waals surface area contributed by atoms with E-state index in [0.29, 0.717) is 23.8 Å². The fourth-order valence-corrected chi connectivity index (χ4v) is 4.64. The molecule has 1 saturated carbocycles. The number of aromatic amines is 2. The number of fused-ring (bicyclic) bond motifs is 2. The summed E-state index contributed by atoms with van der Waals surface area (Å²) in [6.07, 6.45) is 5.02. The molecule has 1 aliphatic heterocycles. The van der Waals surface area contributed by atoms with Gasteiger partial charge in [0.15, 0.2) is 5.82 Å². The predicted molar refractivity (Wildman–Crippen MR) is 115 cm³/mol. The molecule has 156 valence electrons. The highest BCUT2D eigenvalue weighted by Gasteiger charge is 2.48. The van der Waals surface area contributed by atoms with Crippen LogP contribution in [0.15, 0.2) is 18.3 Å². The van der Waals surface area contributed by atoms with Crippen molar-refractivity contribution < 1.29 is 9.59 Å². The van der Waals surface area contributed by atoms with Crippen LogP contribution in [0.1, 0.15) is 52.0 Å². The molecule has 0 unspecified atom stereocenters. The lowest BCUT2D eigenvalue weighted by Gasteiger charge is -2.25. The second kappa shape index (κ2) is 6.68. The number of hydrogen-bond donors (Lipinski definition) is 3. The van der Waals surface area contributed by atoms with E-state index in [1.165, 1.54) is 0 Å². The number of carbonyl (C=O) groups excluding carboxylic acids is 2. The van der Waals surface area contributed by atoms with Crippen molar-refractivity contribution in [2.75, 3.05) is 16.8 Å². The first-order chi connectivity index (χ1) is 14.5. The van der Waals surface area contributed by atoms with Crippen molar-refractivity contribution in [3.63, 3.8) is 0 Å². The second-order valence-electron chi connectivity index (χ2n) is 8.23. The SMILES string of the molecule is CCN1C(=O)C(CC)(CC)c2cc3[nH]c(-c4[nH]ncc4NC(=O)C4CC4)nc3cc21. The Morgan fingerprint density at radius 1 is 1.27 bits per heavy atom. The molecule has 3 aromatic rings. The summed E-state index contributed by atoms with van der Waals surface area (Å²) < 4.78 is 0. The summed E-state index contributed by atoms with van der Waals surface area (Å²) in [6.45, 7) is 6.79. The summed E-state index contributed by atoms with van der Waals surface area (Å²) in [5.74, 6) is 0.933. The lowest BCUT2D eigenvalue weighted by molar-refractivity contribution is -0.123. The maximum atomic E-state index is 13.2. The van der Waals surface area contributed by atoms with Crippen LogP contribution in [0.5, 0.6) is 0 Å². The molecule has 2 aromatic heterocycles. The first-order valence-electron chi connectivity index (χ1n) is 10.7. The number of anilines is 2. The Bertz CT molecular complexity index is 1150. The van der Waals surface area contributed by atoms with Crippen molar-refractivity contribution in [1.82, 2.24) is 20.2 Å². The van der Waals surface area contributed by atoms with Crippen molar-refractivity contribution in [3.8, 4) is 11.5 Å². The van der Waals surface area contributed by atoms with Crippen molar-refractivity contribution >= 4 is 34.2 Å². The van der Waals surface area contributed by atoms with Gasteiger partial charge in [-0.15, -0.1) is 0 Å². The van der Waals surface area contributed by atoms with Gasteiger partial charge in [-0.3, -0.25) is 14.7 Å². The topological polar surface area (TPSA) is 107 Å². The van der Waals surface area contributed by atoms with Crippen LogP contribution < -0.4 is 10.2 Å². The predicted octanol–water partition coefficient (Wildman–Crippen LogP) is 3.73. The number of nitrogens with zero attached hydrogens (tertiary/aromatic N) is 3. The van der Waals surface area contributed by atoms with Crippen LogP contribution >= 0.6 is 0 Å². The highest BCUT2D eigenvalue weighted by atomic mass is 16.2.